The third kappa shape index (κ3) is 3.63. The third-order valence-electron chi connectivity index (χ3n) is 3.66. The quantitative estimate of drug-likeness (QED) is 0.722. The number of aliphatic hydroxyl groups is 1. The van der Waals surface area contributed by atoms with Crippen molar-refractivity contribution in [3.63, 3.8) is 0 Å². The number of aliphatic hydroxyl groups excluding tert-OH is 1. The van der Waals surface area contributed by atoms with Crippen LogP contribution in [-0.4, -0.2) is 74.9 Å². The molecule has 1 N–H and O–H groups in total. The maximum Gasteiger partial charge on any atom is 0.0971 e. The lowest BCUT2D eigenvalue weighted by molar-refractivity contribution is -0.0869. The van der Waals surface area contributed by atoms with E-state index in [1.165, 1.54) is 0 Å². The Labute approximate surface area is 104 Å². The summed E-state index contributed by atoms with van der Waals surface area (Å²) in [7, 11) is 4.99. The fourth-order valence-corrected chi connectivity index (χ4v) is 2.02. The first-order valence-corrected chi connectivity index (χ1v) is 5.95. The predicted octanol–water partition coefficient (Wildman–Crippen LogP) is 0.118. The summed E-state index contributed by atoms with van der Waals surface area (Å²) in [4.78, 5) is 2.15. The molecule has 0 saturated carbocycles. The van der Waals surface area contributed by atoms with E-state index in [0.717, 1.165) is 13.1 Å². The van der Waals surface area contributed by atoms with Gasteiger partial charge in [-0.05, 0) is 13.8 Å². The second kappa shape index (κ2) is 6.11. The number of methoxy groups -OCH3 is 3. The van der Waals surface area contributed by atoms with Gasteiger partial charge in [-0.1, -0.05) is 0 Å². The van der Waals surface area contributed by atoms with Gasteiger partial charge < -0.3 is 19.3 Å². The molecular formula is C12H25NO4. The molecule has 0 amide bonds. The standard InChI is InChI=1S/C12H25NO4/c1-12(2,17-5)11(14)8-13-6-9(15-3)10(7-13)16-4/h9-11,14H,6-8H2,1-5H3. The second-order valence-corrected chi connectivity index (χ2v) is 5.09. The Hall–Kier alpha value is -0.200. The van der Waals surface area contributed by atoms with E-state index in [1.807, 2.05) is 13.8 Å². The highest BCUT2D eigenvalue weighted by atomic mass is 16.5. The van der Waals surface area contributed by atoms with Gasteiger partial charge in [-0.15, -0.1) is 0 Å². The molecule has 0 spiro atoms. The summed E-state index contributed by atoms with van der Waals surface area (Å²) in [6.45, 7) is 5.91. The molecule has 5 heteroatoms. The third-order valence-corrected chi connectivity index (χ3v) is 3.66. The average Bonchev–Trinajstić information content (AvgIpc) is 2.71. The maximum absolute atomic E-state index is 10.1. The zero-order valence-corrected chi connectivity index (χ0v) is 11.5. The molecule has 1 saturated heterocycles. The summed E-state index contributed by atoms with van der Waals surface area (Å²) in [5.41, 5.74) is -0.534. The SMILES string of the molecule is COC1CN(CC(O)C(C)(C)OC)CC1OC. The Morgan fingerprint density at radius 2 is 1.65 bits per heavy atom. The lowest BCUT2D eigenvalue weighted by atomic mass is 10.0. The molecule has 1 fully saturated rings. The lowest BCUT2D eigenvalue weighted by Gasteiger charge is -2.31. The molecule has 5 nitrogen and oxygen atoms in total. The fourth-order valence-electron chi connectivity index (χ4n) is 2.02. The highest BCUT2D eigenvalue weighted by Gasteiger charge is 2.36. The first-order chi connectivity index (χ1) is 7.94. The summed E-state index contributed by atoms with van der Waals surface area (Å²) in [6, 6.07) is 0. The average molecular weight is 247 g/mol. The van der Waals surface area contributed by atoms with Crippen LogP contribution in [0.1, 0.15) is 13.8 Å². The van der Waals surface area contributed by atoms with Gasteiger partial charge >= 0.3 is 0 Å². The molecule has 0 aromatic carbocycles. The monoisotopic (exact) mass is 247 g/mol. The molecule has 1 rings (SSSR count). The minimum absolute atomic E-state index is 0.0813. The minimum Gasteiger partial charge on any atom is -0.389 e. The van der Waals surface area contributed by atoms with Gasteiger partial charge in [0.1, 0.15) is 0 Å². The van der Waals surface area contributed by atoms with Crippen molar-refractivity contribution in [3.8, 4) is 0 Å². The van der Waals surface area contributed by atoms with Crippen molar-refractivity contribution in [1.82, 2.24) is 4.90 Å². The molecule has 3 unspecified atom stereocenters. The number of ether oxygens (including phenoxy) is 3. The highest BCUT2D eigenvalue weighted by Crippen LogP contribution is 2.20. The van der Waals surface area contributed by atoms with Crippen LogP contribution in [-0.2, 0) is 14.2 Å². The van der Waals surface area contributed by atoms with Crippen molar-refractivity contribution >= 4 is 0 Å². The topological polar surface area (TPSA) is 51.2 Å². The predicted molar refractivity (Wildman–Crippen MR) is 65.1 cm³/mol. The molecule has 1 heterocycles. The zero-order chi connectivity index (χ0) is 13.1. The van der Waals surface area contributed by atoms with Crippen LogP contribution in [0.15, 0.2) is 0 Å². The Morgan fingerprint density at radius 3 is 2.00 bits per heavy atom. The van der Waals surface area contributed by atoms with E-state index in [0.29, 0.717) is 6.54 Å². The zero-order valence-electron chi connectivity index (χ0n) is 11.5. The molecule has 0 bridgehead atoms. The van der Waals surface area contributed by atoms with E-state index >= 15 is 0 Å². The van der Waals surface area contributed by atoms with E-state index in [1.54, 1.807) is 21.3 Å². The van der Waals surface area contributed by atoms with Crippen molar-refractivity contribution in [3.05, 3.63) is 0 Å². The van der Waals surface area contributed by atoms with Gasteiger partial charge in [0.25, 0.3) is 0 Å². The number of hydrogen-bond donors (Lipinski definition) is 1. The molecule has 0 aromatic rings. The lowest BCUT2D eigenvalue weighted by Crippen LogP contribution is -2.45. The number of nitrogens with zero attached hydrogens (tertiary/aromatic N) is 1. The van der Waals surface area contributed by atoms with Crippen molar-refractivity contribution in [1.29, 1.82) is 0 Å². The Balaban J connectivity index is 2.49. The van der Waals surface area contributed by atoms with Gasteiger partial charge in [0.15, 0.2) is 0 Å². The Bertz CT molecular complexity index is 223. The van der Waals surface area contributed by atoms with Gasteiger partial charge in [-0.2, -0.15) is 0 Å². The van der Waals surface area contributed by atoms with Crippen LogP contribution < -0.4 is 0 Å². The smallest absolute Gasteiger partial charge is 0.0971 e. The van der Waals surface area contributed by atoms with Gasteiger partial charge in [0.05, 0.1) is 23.9 Å². The van der Waals surface area contributed by atoms with Crippen LogP contribution in [0, 0.1) is 0 Å². The molecule has 0 aliphatic carbocycles. The van der Waals surface area contributed by atoms with Crippen LogP contribution in [0.4, 0.5) is 0 Å². The largest absolute Gasteiger partial charge is 0.389 e. The van der Waals surface area contributed by atoms with Crippen molar-refractivity contribution in [2.45, 2.75) is 37.8 Å². The Kier molecular flexibility index (Phi) is 5.34. The number of likely N-dealkylation sites (tertiary alicyclic amines) is 1. The van der Waals surface area contributed by atoms with Crippen LogP contribution in [0.5, 0.6) is 0 Å². The van der Waals surface area contributed by atoms with E-state index in [-0.39, 0.29) is 12.2 Å². The summed E-state index contributed by atoms with van der Waals surface area (Å²) in [5.74, 6) is 0. The summed E-state index contributed by atoms with van der Waals surface area (Å²) < 4.78 is 16.0. The minimum atomic E-state index is -0.534. The van der Waals surface area contributed by atoms with Gasteiger partial charge in [0, 0.05) is 41.0 Å². The molecule has 0 radical (unpaired) electrons. The summed E-state index contributed by atoms with van der Waals surface area (Å²) in [6.07, 6.45) is -0.365. The van der Waals surface area contributed by atoms with Crippen LogP contribution >= 0.6 is 0 Å². The highest BCUT2D eigenvalue weighted by molar-refractivity contribution is 4.89. The fraction of sp³-hybridized carbons (Fsp3) is 1.00. The number of hydrogen-bond acceptors (Lipinski definition) is 5. The number of β-amino-alcohol motifs (C(OH)–C–C–N with tert-alkyl or cyclic N) is 1. The summed E-state index contributed by atoms with van der Waals surface area (Å²) >= 11 is 0. The van der Waals surface area contributed by atoms with E-state index in [2.05, 4.69) is 4.90 Å². The van der Waals surface area contributed by atoms with Gasteiger partial charge in [-0.25, -0.2) is 0 Å². The van der Waals surface area contributed by atoms with Crippen LogP contribution in [0.2, 0.25) is 0 Å². The van der Waals surface area contributed by atoms with Crippen LogP contribution in [0.25, 0.3) is 0 Å². The van der Waals surface area contributed by atoms with Crippen molar-refractivity contribution < 1.29 is 19.3 Å². The van der Waals surface area contributed by atoms with Crippen molar-refractivity contribution in [2.24, 2.45) is 0 Å². The van der Waals surface area contributed by atoms with Gasteiger partial charge in [-0.3, -0.25) is 4.90 Å². The second-order valence-electron chi connectivity index (χ2n) is 5.09. The van der Waals surface area contributed by atoms with Crippen molar-refractivity contribution in [2.75, 3.05) is 41.0 Å². The van der Waals surface area contributed by atoms with E-state index in [4.69, 9.17) is 14.2 Å². The van der Waals surface area contributed by atoms with Crippen LogP contribution in [0.3, 0.4) is 0 Å². The molecular weight excluding hydrogens is 222 g/mol. The normalized spacial score (nSPS) is 28.6. The Morgan fingerprint density at radius 1 is 1.18 bits per heavy atom. The first-order valence-electron chi connectivity index (χ1n) is 5.95. The molecule has 1 aliphatic heterocycles. The number of rotatable bonds is 6. The molecule has 1 aliphatic rings. The summed E-state index contributed by atoms with van der Waals surface area (Å²) in [5, 5.41) is 10.1. The molecule has 17 heavy (non-hydrogen) atoms. The molecule has 3 atom stereocenters. The van der Waals surface area contributed by atoms with E-state index in [9.17, 15) is 5.11 Å². The maximum atomic E-state index is 10.1. The van der Waals surface area contributed by atoms with E-state index < -0.39 is 11.7 Å². The van der Waals surface area contributed by atoms with Gasteiger partial charge in [0.2, 0.25) is 0 Å². The molecule has 0 aromatic heterocycles. The molecule has 102 valence electrons. The first kappa shape index (κ1) is 14.9.